The first kappa shape index (κ1) is 15.6. The first-order chi connectivity index (χ1) is 11.1. The van der Waals surface area contributed by atoms with Crippen molar-refractivity contribution >= 4 is 5.78 Å². The summed E-state index contributed by atoms with van der Waals surface area (Å²) in [6.45, 7) is 6.07. The molecule has 0 heterocycles. The van der Waals surface area contributed by atoms with Crippen LogP contribution in [0.4, 0.5) is 0 Å². The second-order valence-electron chi connectivity index (χ2n) is 8.43. The van der Waals surface area contributed by atoms with Gasteiger partial charge < -0.3 is 4.74 Å². The highest BCUT2D eigenvalue weighted by molar-refractivity contribution is 5.93. The van der Waals surface area contributed by atoms with E-state index in [4.69, 9.17) is 4.74 Å². The molecule has 1 unspecified atom stereocenters. The van der Waals surface area contributed by atoms with E-state index >= 15 is 0 Å². The number of hydrogen-bond donors (Lipinski definition) is 0. The summed E-state index contributed by atoms with van der Waals surface area (Å²) >= 11 is 0. The Hall–Kier alpha value is -0.890. The molecule has 0 aliphatic heterocycles. The van der Waals surface area contributed by atoms with Gasteiger partial charge >= 0.3 is 0 Å². The summed E-state index contributed by atoms with van der Waals surface area (Å²) in [4.78, 5) is 12.1. The highest BCUT2D eigenvalue weighted by Crippen LogP contribution is 2.60. The SMILES string of the molecule is CCOCC1CC(=O)C=C2CC[C@@H]3C(=C21)CC[C@]1(C)CCC[C@@H]31. The molecule has 0 aromatic rings. The molecular weight excluding hydrogens is 284 g/mol. The third-order valence-electron chi connectivity index (χ3n) is 7.19. The quantitative estimate of drug-likeness (QED) is 0.744. The van der Waals surface area contributed by atoms with E-state index in [1.165, 1.54) is 44.1 Å². The Morgan fingerprint density at radius 3 is 2.96 bits per heavy atom. The minimum absolute atomic E-state index is 0.314. The lowest BCUT2D eigenvalue weighted by Crippen LogP contribution is -2.38. The van der Waals surface area contributed by atoms with Crippen LogP contribution in [0.1, 0.15) is 65.2 Å². The molecule has 0 bridgehead atoms. The standard InChI is InChI=1S/C21H30O2/c1-3-23-13-15-12-16(22)11-14-6-7-17-18(20(14)15)8-10-21(2)9-4-5-19(17)21/h11,15,17,19H,3-10,12-13H2,1-2H3/t15?,17-,19+,21+/m1/s1. The molecule has 23 heavy (non-hydrogen) atoms. The molecule has 2 heteroatoms. The monoisotopic (exact) mass is 314 g/mol. The molecule has 0 spiro atoms. The van der Waals surface area contributed by atoms with Crippen molar-refractivity contribution in [1.82, 2.24) is 0 Å². The lowest BCUT2D eigenvalue weighted by atomic mass is 9.57. The molecular formula is C21H30O2. The highest BCUT2D eigenvalue weighted by Gasteiger charge is 2.49. The normalized spacial score (nSPS) is 39.7. The lowest BCUT2D eigenvalue weighted by molar-refractivity contribution is -0.116. The zero-order chi connectivity index (χ0) is 16.0. The molecule has 4 atom stereocenters. The summed E-state index contributed by atoms with van der Waals surface area (Å²) in [7, 11) is 0. The predicted molar refractivity (Wildman–Crippen MR) is 92.1 cm³/mol. The molecule has 2 nitrogen and oxygen atoms in total. The Bertz CT molecular complexity index is 570. The average molecular weight is 314 g/mol. The van der Waals surface area contributed by atoms with E-state index in [0.717, 1.165) is 31.5 Å². The van der Waals surface area contributed by atoms with Crippen LogP contribution in [0, 0.1) is 23.2 Å². The molecule has 2 saturated carbocycles. The van der Waals surface area contributed by atoms with Gasteiger partial charge in [0.05, 0.1) is 6.61 Å². The topological polar surface area (TPSA) is 26.3 Å². The Kier molecular flexibility index (Phi) is 3.99. The van der Waals surface area contributed by atoms with E-state index in [2.05, 4.69) is 6.92 Å². The molecule has 0 amide bonds. The molecule has 4 rings (SSSR count). The fraction of sp³-hybridized carbons (Fsp3) is 0.762. The molecule has 0 saturated heterocycles. The molecule has 126 valence electrons. The van der Waals surface area contributed by atoms with Crippen LogP contribution < -0.4 is 0 Å². The van der Waals surface area contributed by atoms with Crippen LogP contribution in [0.5, 0.6) is 0 Å². The number of hydrogen-bond acceptors (Lipinski definition) is 2. The van der Waals surface area contributed by atoms with Gasteiger partial charge in [-0.2, -0.15) is 0 Å². The van der Waals surface area contributed by atoms with E-state index in [0.29, 0.717) is 23.5 Å². The Balaban J connectivity index is 1.72. The van der Waals surface area contributed by atoms with E-state index in [9.17, 15) is 4.79 Å². The van der Waals surface area contributed by atoms with Crippen LogP contribution in [-0.2, 0) is 9.53 Å². The maximum absolute atomic E-state index is 12.1. The maximum Gasteiger partial charge on any atom is 0.156 e. The van der Waals surface area contributed by atoms with Crippen molar-refractivity contribution in [1.29, 1.82) is 0 Å². The molecule has 0 aromatic carbocycles. The van der Waals surface area contributed by atoms with Gasteiger partial charge in [-0.25, -0.2) is 0 Å². The molecule has 0 radical (unpaired) electrons. The Morgan fingerprint density at radius 1 is 1.26 bits per heavy atom. The van der Waals surface area contributed by atoms with Crippen molar-refractivity contribution in [2.45, 2.75) is 65.2 Å². The van der Waals surface area contributed by atoms with Gasteiger partial charge in [0.25, 0.3) is 0 Å². The van der Waals surface area contributed by atoms with Crippen LogP contribution in [0.2, 0.25) is 0 Å². The first-order valence-corrected chi connectivity index (χ1v) is 9.67. The summed E-state index contributed by atoms with van der Waals surface area (Å²) in [5.41, 5.74) is 5.24. The maximum atomic E-state index is 12.1. The molecule has 2 fully saturated rings. The minimum atomic E-state index is 0.314. The second-order valence-corrected chi connectivity index (χ2v) is 8.43. The number of ether oxygens (including phenoxy) is 1. The van der Waals surface area contributed by atoms with Gasteiger partial charge in [-0.15, -0.1) is 0 Å². The summed E-state index contributed by atoms with van der Waals surface area (Å²) in [6.07, 6.45) is 11.9. The fourth-order valence-electron chi connectivity index (χ4n) is 6.14. The summed E-state index contributed by atoms with van der Waals surface area (Å²) in [5.74, 6) is 2.33. The van der Waals surface area contributed by atoms with Gasteiger partial charge in [-0.1, -0.05) is 18.9 Å². The van der Waals surface area contributed by atoms with Gasteiger partial charge in [0, 0.05) is 18.9 Å². The van der Waals surface area contributed by atoms with Crippen molar-refractivity contribution in [3.63, 3.8) is 0 Å². The number of fused-ring (bicyclic) bond motifs is 4. The summed E-state index contributed by atoms with van der Waals surface area (Å²) < 4.78 is 5.74. The van der Waals surface area contributed by atoms with Gasteiger partial charge in [0.1, 0.15) is 0 Å². The van der Waals surface area contributed by atoms with Gasteiger partial charge in [-0.3, -0.25) is 4.79 Å². The van der Waals surface area contributed by atoms with Crippen LogP contribution in [0.15, 0.2) is 22.8 Å². The van der Waals surface area contributed by atoms with Crippen molar-refractivity contribution < 1.29 is 9.53 Å². The minimum Gasteiger partial charge on any atom is -0.381 e. The predicted octanol–water partition coefficient (Wildman–Crippen LogP) is 4.85. The molecule has 4 aliphatic carbocycles. The first-order valence-electron chi connectivity index (χ1n) is 9.67. The van der Waals surface area contributed by atoms with Crippen molar-refractivity contribution in [3.8, 4) is 0 Å². The zero-order valence-electron chi connectivity index (χ0n) is 14.7. The lowest BCUT2D eigenvalue weighted by Gasteiger charge is -2.48. The summed E-state index contributed by atoms with van der Waals surface area (Å²) in [5, 5.41) is 0. The molecule has 0 aromatic heterocycles. The van der Waals surface area contributed by atoms with Crippen molar-refractivity contribution in [3.05, 3.63) is 22.8 Å². The number of rotatable bonds is 3. The molecule has 0 N–H and O–H groups in total. The van der Waals surface area contributed by atoms with Crippen LogP contribution in [-0.4, -0.2) is 19.0 Å². The highest BCUT2D eigenvalue weighted by atomic mass is 16.5. The van der Waals surface area contributed by atoms with Crippen molar-refractivity contribution in [2.75, 3.05) is 13.2 Å². The summed E-state index contributed by atoms with van der Waals surface area (Å²) in [6, 6.07) is 0. The van der Waals surface area contributed by atoms with E-state index in [1.54, 1.807) is 11.1 Å². The zero-order valence-corrected chi connectivity index (χ0v) is 14.7. The number of ketones is 1. The number of carbonyl (C=O) groups is 1. The van der Waals surface area contributed by atoms with E-state index in [-0.39, 0.29) is 0 Å². The van der Waals surface area contributed by atoms with Crippen LogP contribution in [0.3, 0.4) is 0 Å². The molecule has 4 aliphatic rings. The largest absolute Gasteiger partial charge is 0.381 e. The second kappa shape index (κ2) is 5.88. The van der Waals surface area contributed by atoms with Crippen molar-refractivity contribution in [2.24, 2.45) is 23.2 Å². The average Bonchev–Trinajstić information content (AvgIpc) is 2.93. The smallest absolute Gasteiger partial charge is 0.156 e. The van der Waals surface area contributed by atoms with Crippen LogP contribution >= 0.6 is 0 Å². The van der Waals surface area contributed by atoms with Crippen LogP contribution in [0.25, 0.3) is 0 Å². The number of allylic oxidation sites excluding steroid dienone is 3. The van der Waals surface area contributed by atoms with Gasteiger partial charge in [0.15, 0.2) is 5.78 Å². The van der Waals surface area contributed by atoms with Gasteiger partial charge in [0.2, 0.25) is 0 Å². The Labute approximate surface area is 140 Å². The van der Waals surface area contributed by atoms with E-state index in [1.807, 2.05) is 13.0 Å². The third-order valence-corrected chi connectivity index (χ3v) is 7.19. The fourth-order valence-corrected chi connectivity index (χ4v) is 6.14. The third kappa shape index (κ3) is 2.54. The van der Waals surface area contributed by atoms with E-state index < -0.39 is 0 Å². The van der Waals surface area contributed by atoms with Gasteiger partial charge in [-0.05, 0) is 79.9 Å². The number of carbonyl (C=O) groups excluding carboxylic acids is 1. The Morgan fingerprint density at radius 2 is 2.13 bits per heavy atom.